The zero-order valence-electron chi connectivity index (χ0n) is 17.9. The Balaban J connectivity index is 2.99. The minimum Gasteiger partial charge on any atom is -0.616 e. The van der Waals surface area contributed by atoms with Gasteiger partial charge in [-0.05, 0) is 64.2 Å². The average Bonchev–Trinajstić information content (AvgIpc) is 2.60. The van der Waals surface area contributed by atoms with E-state index < -0.39 is 54.5 Å². The molecule has 0 aromatic heterocycles. The van der Waals surface area contributed by atoms with Crippen molar-refractivity contribution in [3.63, 3.8) is 0 Å². The topological polar surface area (TPSA) is 158 Å². The molecule has 0 saturated heterocycles. The van der Waals surface area contributed by atoms with Crippen LogP contribution in [0.15, 0.2) is 24.3 Å². The molecule has 170 valence electrons. The maximum Gasteiger partial charge on any atom is 0.314 e. The zero-order chi connectivity index (χ0) is 23.5. The predicted molar refractivity (Wildman–Crippen MR) is 116 cm³/mol. The lowest BCUT2D eigenvalue weighted by Crippen LogP contribution is -2.40. The Morgan fingerprint density at radius 3 is 2.00 bits per heavy atom. The van der Waals surface area contributed by atoms with Gasteiger partial charge in [0.1, 0.15) is 21.7 Å². The number of aliphatic carboxylic acids is 2. The fraction of sp³-hybridized carbons (Fsp3) is 0.600. The number of benzene rings is 1. The minimum atomic E-state index is -3.96. The Kier molecular flexibility index (Phi) is 8.52. The number of primary sulfonamides is 1. The van der Waals surface area contributed by atoms with E-state index in [0.29, 0.717) is 11.1 Å². The summed E-state index contributed by atoms with van der Waals surface area (Å²) >= 11 is -1.45. The molecule has 0 fully saturated rings. The Morgan fingerprint density at radius 1 is 1.10 bits per heavy atom. The third-order valence-corrected chi connectivity index (χ3v) is 8.93. The molecule has 8 nitrogen and oxygen atoms in total. The summed E-state index contributed by atoms with van der Waals surface area (Å²) in [6.45, 7) is 7.72. The van der Waals surface area contributed by atoms with Gasteiger partial charge < -0.3 is 14.8 Å². The Bertz CT molecular complexity index is 864. The molecule has 0 aliphatic rings. The van der Waals surface area contributed by atoms with Crippen LogP contribution in [0.5, 0.6) is 0 Å². The molecule has 0 saturated carbocycles. The summed E-state index contributed by atoms with van der Waals surface area (Å²) in [7, 11) is -3.96. The van der Waals surface area contributed by atoms with Crippen LogP contribution in [0.25, 0.3) is 0 Å². The lowest BCUT2D eigenvalue weighted by molar-refractivity contribution is -0.147. The van der Waals surface area contributed by atoms with Crippen LogP contribution in [0.1, 0.15) is 63.8 Å². The maximum absolute atomic E-state index is 12.6. The quantitative estimate of drug-likeness (QED) is 0.427. The van der Waals surface area contributed by atoms with E-state index >= 15 is 0 Å². The number of nitrogens with two attached hydrogens (primary N) is 1. The lowest BCUT2D eigenvalue weighted by atomic mass is 9.86. The lowest BCUT2D eigenvalue weighted by Gasteiger charge is -2.29. The second-order valence-electron chi connectivity index (χ2n) is 8.74. The summed E-state index contributed by atoms with van der Waals surface area (Å²) in [6, 6.07) is 6.41. The van der Waals surface area contributed by atoms with E-state index in [4.69, 9.17) is 5.14 Å². The highest BCUT2D eigenvalue weighted by Crippen LogP contribution is 2.33. The SMILES string of the molecule is CC([S+]([O-])Cc1ccc(C(CCC(C)(C)C(=O)O)S(N)(=O)=O)cc1)C(C)(C)C(=O)O. The number of carboxylic acid groups (broad SMARTS) is 2. The smallest absolute Gasteiger partial charge is 0.314 e. The van der Waals surface area contributed by atoms with Crippen LogP contribution in [0.4, 0.5) is 0 Å². The normalized spacial score (nSPS) is 16.0. The first-order valence-corrected chi connectivity index (χ1v) is 12.4. The number of carboxylic acids is 2. The van der Waals surface area contributed by atoms with Crippen LogP contribution >= 0.6 is 0 Å². The van der Waals surface area contributed by atoms with Gasteiger partial charge in [0.15, 0.2) is 0 Å². The van der Waals surface area contributed by atoms with Gasteiger partial charge in [-0.25, -0.2) is 13.6 Å². The summed E-state index contributed by atoms with van der Waals surface area (Å²) < 4.78 is 36.7. The highest BCUT2D eigenvalue weighted by molar-refractivity contribution is 7.91. The molecule has 1 rings (SSSR count). The van der Waals surface area contributed by atoms with Gasteiger partial charge in [0, 0.05) is 5.56 Å². The van der Waals surface area contributed by atoms with Crippen LogP contribution < -0.4 is 5.14 Å². The van der Waals surface area contributed by atoms with E-state index in [1.165, 1.54) is 27.7 Å². The van der Waals surface area contributed by atoms with Crippen molar-refractivity contribution in [2.24, 2.45) is 16.0 Å². The van der Waals surface area contributed by atoms with Crippen LogP contribution in [-0.2, 0) is 36.5 Å². The van der Waals surface area contributed by atoms with Crippen LogP contribution in [0.3, 0.4) is 0 Å². The fourth-order valence-electron chi connectivity index (χ4n) is 2.74. The molecule has 0 spiro atoms. The molecular weight excluding hydrogens is 430 g/mol. The number of sulfonamides is 1. The van der Waals surface area contributed by atoms with Gasteiger partial charge in [-0.2, -0.15) is 0 Å². The van der Waals surface area contributed by atoms with E-state index in [0.717, 1.165) is 0 Å². The molecule has 0 aliphatic carbocycles. The van der Waals surface area contributed by atoms with E-state index in [1.54, 1.807) is 31.2 Å². The van der Waals surface area contributed by atoms with Crippen molar-refractivity contribution in [3.05, 3.63) is 35.4 Å². The van der Waals surface area contributed by atoms with Crippen LogP contribution in [-0.4, -0.2) is 40.4 Å². The molecule has 0 aliphatic heterocycles. The molecule has 0 bridgehead atoms. The van der Waals surface area contributed by atoms with E-state index in [-0.39, 0.29) is 18.6 Å². The number of carbonyl (C=O) groups is 2. The van der Waals surface area contributed by atoms with Crippen molar-refractivity contribution in [2.75, 3.05) is 0 Å². The van der Waals surface area contributed by atoms with Crippen molar-refractivity contribution >= 4 is 33.1 Å². The first-order chi connectivity index (χ1) is 13.5. The highest BCUT2D eigenvalue weighted by atomic mass is 32.2. The third kappa shape index (κ3) is 6.69. The summed E-state index contributed by atoms with van der Waals surface area (Å²) in [5, 5.41) is 22.3. The standard InChI is InChI=1S/C20H31NO7S2/c1-13(20(4,5)18(24)25)29(26)12-14-6-8-15(9-7-14)16(30(21,27)28)10-11-19(2,3)17(22)23/h6-9,13,16H,10-12H2,1-5H3,(H,22,23)(H,24,25)(H2,21,27,28). The van der Waals surface area contributed by atoms with Crippen LogP contribution in [0, 0.1) is 10.8 Å². The first-order valence-electron chi connectivity index (χ1n) is 9.44. The summed E-state index contributed by atoms with van der Waals surface area (Å²) in [6.07, 6.45) is 0.171. The Morgan fingerprint density at radius 2 is 1.60 bits per heavy atom. The number of hydrogen-bond acceptors (Lipinski definition) is 5. The Labute approximate surface area is 181 Å². The molecular formula is C20H31NO7S2. The zero-order valence-corrected chi connectivity index (χ0v) is 19.5. The van der Waals surface area contributed by atoms with Gasteiger partial charge in [0.2, 0.25) is 10.0 Å². The predicted octanol–water partition coefficient (Wildman–Crippen LogP) is 2.66. The summed E-state index contributed by atoms with van der Waals surface area (Å²) in [4.78, 5) is 22.7. The van der Waals surface area contributed by atoms with Crippen molar-refractivity contribution < 1.29 is 32.8 Å². The van der Waals surface area contributed by atoms with Gasteiger partial charge in [-0.3, -0.25) is 9.59 Å². The minimum absolute atomic E-state index is 0.0489. The van der Waals surface area contributed by atoms with Crippen molar-refractivity contribution in [2.45, 2.75) is 63.7 Å². The second kappa shape index (κ2) is 9.67. The average molecular weight is 462 g/mol. The van der Waals surface area contributed by atoms with Crippen molar-refractivity contribution in [1.29, 1.82) is 0 Å². The van der Waals surface area contributed by atoms with Gasteiger partial charge in [0.05, 0.1) is 5.41 Å². The van der Waals surface area contributed by atoms with E-state index in [2.05, 4.69) is 0 Å². The van der Waals surface area contributed by atoms with Crippen molar-refractivity contribution in [3.8, 4) is 0 Å². The molecule has 30 heavy (non-hydrogen) atoms. The second-order valence-corrected chi connectivity index (χ2v) is 12.2. The number of hydrogen-bond donors (Lipinski definition) is 3. The van der Waals surface area contributed by atoms with Crippen molar-refractivity contribution in [1.82, 2.24) is 0 Å². The largest absolute Gasteiger partial charge is 0.616 e. The third-order valence-electron chi connectivity index (χ3n) is 5.63. The molecule has 4 N–H and O–H groups in total. The van der Waals surface area contributed by atoms with Gasteiger partial charge in [-0.1, -0.05) is 24.3 Å². The fourth-order valence-corrected chi connectivity index (χ4v) is 5.25. The summed E-state index contributed by atoms with van der Waals surface area (Å²) in [5.74, 6) is -1.92. The summed E-state index contributed by atoms with van der Waals surface area (Å²) in [5.41, 5.74) is -1.15. The maximum atomic E-state index is 12.6. The highest BCUT2D eigenvalue weighted by Gasteiger charge is 2.41. The van der Waals surface area contributed by atoms with Gasteiger partial charge >= 0.3 is 11.9 Å². The van der Waals surface area contributed by atoms with E-state index in [1.807, 2.05) is 0 Å². The molecule has 1 aromatic rings. The first kappa shape index (κ1) is 26.4. The Hall–Kier alpha value is -1.62. The molecule has 0 radical (unpaired) electrons. The van der Waals surface area contributed by atoms with Gasteiger partial charge in [0.25, 0.3) is 0 Å². The van der Waals surface area contributed by atoms with Gasteiger partial charge in [-0.15, -0.1) is 0 Å². The molecule has 0 heterocycles. The molecule has 10 heteroatoms. The molecule has 0 amide bonds. The number of rotatable bonds is 11. The van der Waals surface area contributed by atoms with Crippen LogP contribution in [0.2, 0.25) is 0 Å². The molecule has 3 atom stereocenters. The molecule has 3 unspecified atom stereocenters. The van der Waals surface area contributed by atoms with E-state index in [9.17, 15) is 32.8 Å². The molecule has 1 aromatic carbocycles. The monoisotopic (exact) mass is 461 g/mol.